The molecular weight excluding hydrogens is 604 g/mol. The van der Waals surface area contributed by atoms with Crippen LogP contribution in [-0.4, -0.2) is 19.5 Å². The molecule has 7 aromatic carbocycles. The van der Waals surface area contributed by atoms with E-state index in [1.54, 1.807) is 0 Å². The molecule has 228 valence electrons. The topological polar surface area (TPSA) is 69.9 Å². The highest BCUT2D eigenvalue weighted by Crippen LogP contribution is 2.48. The largest absolute Gasteiger partial charge is 0.456 e. The van der Waals surface area contributed by atoms with Gasteiger partial charge in [-0.25, -0.2) is 4.98 Å². The average molecular weight is 629 g/mol. The fourth-order valence-corrected chi connectivity index (χ4v) is 7.58. The van der Waals surface area contributed by atoms with Crippen molar-refractivity contribution in [3.05, 3.63) is 146 Å². The molecule has 4 aromatic heterocycles. The molecule has 4 heterocycles. The molecule has 0 saturated heterocycles. The van der Waals surface area contributed by atoms with E-state index in [2.05, 4.69) is 65.2 Å². The van der Waals surface area contributed by atoms with Gasteiger partial charge in [0.05, 0.1) is 5.52 Å². The second-order valence-corrected chi connectivity index (χ2v) is 12.4. The first-order valence-corrected chi connectivity index (χ1v) is 16.3. The van der Waals surface area contributed by atoms with Crippen molar-refractivity contribution in [3.8, 4) is 28.7 Å². The van der Waals surface area contributed by atoms with Crippen LogP contribution in [0.4, 0.5) is 0 Å². The smallest absolute Gasteiger partial charge is 0.238 e. The SMILES string of the molecule is c1ccc(-c2nc(-c3ccccc3)nc(-n3c4ccccc4c4c5ccc6oc7ccccc7c6c5c5c6ccccc6oc5c43)n2)cc1. The maximum atomic E-state index is 6.91. The van der Waals surface area contributed by atoms with Gasteiger partial charge in [0.2, 0.25) is 5.95 Å². The standard InChI is InChI=1S/C43H24N4O2/c1-3-13-25(14-4-1)41-44-42(26-15-5-2-6-16-26)46-43(45-41)47-31-20-10-7-17-27(31)35-30-23-24-34-36(28-18-8-11-21-32(28)48-34)37(30)38-29-19-9-12-22-33(29)49-40(38)39(35)47/h1-24H. The number of para-hydroxylation sites is 3. The number of fused-ring (bicyclic) bond motifs is 14. The van der Waals surface area contributed by atoms with Gasteiger partial charge in [-0.1, -0.05) is 115 Å². The molecule has 0 bridgehead atoms. The molecule has 0 aliphatic heterocycles. The lowest BCUT2D eigenvalue weighted by molar-refractivity contribution is 0.669. The summed E-state index contributed by atoms with van der Waals surface area (Å²) in [7, 11) is 0. The van der Waals surface area contributed by atoms with E-state index in [9.17, 15) is 0 Å². The average Bonchev–Trinajstić information content (AvgIpc) is 3.85. The first-order chi connectivity index (χ1) is 24.3. The number of furan rings is 2. The Morgan fingerprint density at radius 1 is 0.388 bits per heavy atom. The minimum atomic E-state index is 0.523. The van der Waals surface area contributed by atoms with Crippen molar-refractivity contribution in [2.24, 2.45) is 0 Å². The maximum Gasteiger partial charge on any atom is 0.238 e. The molecule has 0 radical (unpaired) electrons. The van der Waals surface area contributed by atoms with Gasteiger partial charge in [-0.15, -0.1) is 0 Å². The van der Waals surface area contributed by atoms with Gasteiger partial charge in [0.1, 0.15) is 22.3 Å². The lowest BCUT2D eigenvalue weighted by atomic mass is 9.95. The number of hydrogen-bond donors (Lipinski definition) is 0. The van der Waals surface area contributed by atoms with Crippen LogP contribution >= 0.6 is 0 Å². The highest BCUT2D eigenvalue weighted by Gasteiger charge is 2.26. The minimum absolute atomic E-state index is 0.523. The van der Waals surface area contributed by atoms with Crippen molar-refractivity contribution in [2.45, 2.75) is 0 Å². The number of aromatic nitrogens is 4. The fourth-order valence-electron chi connectivity index (χ4n) is 7.58. The van der Waals surface area contributed by atoms with Crippen molar-refractivity contribution in [1.82, 2.24) is 19.5 Å². The van der Waals surface area contributed by atoms with Crippen LogP contribution in [-0.2, 0) is 0 Å². The summed E-state index contributed by atoms with van der Waals surface area (Å²) in [4.78, 5) is 15.3. The number of nitrogens with zero attached hydrogens (tertiary/aromatic N) is 4. The summed E-state index contributed by atoms with van der Waals surface area (Å²) in [6.45, 7) is 0. The number of benzene rings is 7. The Kier molecular flexibility index (Phi) is 5.29. The van der Waals surface area contributed by atoms with E-state index >= 15 is 0 Å². The number of rotatable bonds is 3. The highest BCUT2D eigenvalue weighted by atomic mass is 16.3. The van der Waals surface area contributed by atoms with Gasteiger partial charge in [-0.3, -0.25) is 4.57 Å². The molecule has 0 unspecified atom stereocenters. The monoisotopic (exact) mass is 628 g/mol. The summed E-state index contributed by atoms with van der Waals surface area (Å²) in [5.41, 5.74) is 7.03. The molecule has 6 heteroatoms. The summed E-state index contributed by atoms with van der Waals surface area (Å²) in [6.07, 6.45) is 0. The van der Waals surface area contributed by atoms with E-state index in [0.717, 1.165) is 87.6 Å². The Labute approximate surface area is 278 Å². The second kappa shape index (κ2) is 9.86. The Bertz CT molecular complexity index is 3040. The van der Waals surface area contributed by atoms with Gasteiger partial charge in [0.15, 0.2) is 17.2 Å². The van der Waals surface area contributed by atoms with Crippen LogP contribution in [0.3, 0.4) is 0 Å². The molecule has 11 rings (SSSR count). The van der Waals surface area contributed by atoms with Crippen LogP contribution in [0.2, 0.25) is 0 Å². The molecule has 0 saturated carbocycles. The highest BCUT2D eigenvalue weighted by molar-refractivity contribution is 6.40. The predicted octanol–water partition coefficient (Wildman–Crippen LogP) is 11.3. The third-order valence-electron chi connectivity index (χ3n) is 9.64. The normalized spacial score (nSPS) is 12.1. The second-order valence-electron chi connectivity index (χ2n) is 12.4. The van der Waals surface area contributed by atoms with E-state index in [4.69, 9.17) is 23.8 Å². The van der Waals surface area contributed by atoms with E-state index in [0.29, 0.717) is 17.6 Å². The summed E-state index contributed by atoms with van der Waals surface area (Å²) < 4.78 is 15.5. The molecule has 0 aliphatic rings. The Morgan fingerprint density at radius 3 is 1.65 bits per heavy atom. The summed E-state index contributed by atoms with van der Waals surface area (Å²) >= 11 is 0. The fraction of sp³-hybridized carbons (Fsp3) is 0. The number of hydrogen-bond acceptors (Lipinski definition) is 5. The molecule has 0 fully saturated rings. The van der Waals surface area contributed by atoms with Gasteiger partial charge >= 0.3 is 0 Å². The summed E-state index contributed by atoms with van der Waals surface area (Å²) in [6, 6.07) is 49.4. The first-order valence-electron chi connectivity index (χ1n) is 16.3. The third-order valence-corrected chi connectivity index (χ3v) is 9.64. The predicted molar refractivity (Wildman–Crippen MR) is 197 cm³/mol. The summed E-state index contributed by atoms with van der Waals surface area (Å²) in [5.74, 6) is 1.72. The maximum absolute atomic E-state index is 6.91. The van der Waals surface area contributed by atoms with E-state index < -0.39 is 0 Å². The molecular formula is C43H24N4O2. The molecule has 49 heavy (non-hydrogen) atoms. The van der Waals surface area contributed by atoms with Crippen molar-refractivity contribution < 1.29 is 8.83 Å². The zero-order valence-corrected chi connectivity index (χ0v) is 26.0. The van der Waals surface area contributed by atoms with Crippen molar-refractivity contribution >= 4 is 76.5 Å². The third kappa shape index (κ3) is 3.68. The van der Waals surface area contributed by atoms with Crippen LogP contribution in [0.1, 0.15) is 0 Å². The van der Waals surface area contributed by atoms with E-state index in [-0.39, 0.29) is 0 Å². The molecule has 0 N–H and O–H groups in total. The van der Waals surface area contributed by atoms with Gasteiger partial charge in [-0.2, -0.15) is 9.97 Å². The van der Waals surface area contributed by atoms with Crippen molar-refractivity contribution in [1.29, 1.82) is 0 Å². The van der Waals surface area contributed by atoms with Gasteiger partial charge < -0.3 is 8.83 Å². The first kappa shape index (κ1) is 26.3. The lowest BCUT2D eigenvalue weighted by Crippen LogP contribution is -2.06. The zero-order chi connectivity index (χ0) is 32.1. The van der Waals surface area contributed by atoms with Gasteiger partial charge in [0.25, 0.3) is 0 Å². The van der Waals surface area contributed by atoms with Crippen molar-refractivity contribution in [3.63, 3.8) is 0 Å². The Balaban J connectivity index is 1.38. The van der Waals surface area contributed by atoms with Gasteiger partial charge in [0, 0.05) is 48.8 Å². The molecule has 0 aliphatic carbocycles. The van der Waals surface area contributed by atoms with Crippen LogP contribution in [0.25, 0.3) is 105 Å². The molecule has 0 atom stereocenters. The van der Waals surface area contributed by atoms with E-state index in [1.165, 1.54) is 0 Å². The minimum Gasteiger partial charge on any atom is -0.456 e. The van der Waals surface area contributed by atoms with Crippen LogP contribution in [0.5, 0.6) is 0 Å². The van der Waals surface area contributed by atoms with Crippen LogP contribution < -0.4 is 0 Å². The van der Waals surface area contributed by atoms with Crippen LogP contribution in [0, 0.1) is 0 Å². The quantitative estimate of drug-likeness (QED) is 0.195. The Morgan fingerprint density at radius 2 is 0.959 bits per heavy atom. The molecule has 6 nitrogen and oxygen atoms in total. The zero-order valence-electron chi connectivity index (χ0n) is 26.0. The van der Waals surface area contributed by atoms with Gasteiger partial charge in [-0.05, 0) is 35.7 Å². The molecule has 11 aromatic rings. The summed E-state index contributed by atoms with van der Waals surface area (Å²) in [5, 5.41) is 8.64. The van der Waals surface area contributed by atoms with E-state index in [1.807, 2.05) is 84.9 Å². The lowest BCUT2D eigenvalue weighted by Gasteiger charge is -2.11. The Hall–Kier alpha value is -6.79. The molecule has 0 spiro atoms. The van der Waals surface area contributed by atoms with Crippen molar-refractivity contribution in [2.75, 3.05) is 0 Å². The molecule has 0 amide bonds. The van der Waals surface area contributed by atoms with Crippen LogP contribution in [0.15, 0.2) is 154 Å².